The van der Waals surface area contributed by atoms with Gasteiger partial charge in [-0.15, -0.1) is 0 Å². The number of thioether (sulfide) groups is 1. The smallest absolute Gasteiger partial charge is 0.185 e. The van der Waals surface area contributed by atoms with Gasteiger partial charge in [0.2, 0.25) is 0 Å². The molecule has 6 heteroatoms. The lowest BCUT2D eigenvalue weighted by molar-refractivity contribution is -0.109. The fourth-order valence-corrected chi connectivity index (χ4v) is 2.50. The van der Waals surface area contributed by atoms with Gasteiger partial charge >= 0.3 is 0 Å². The maximum atomic E-state index is 11.0. The Morgan fingerprint density at radius 3 is 2.74 bits per heavy atom. The van der Waals surface area contributed by atoms with Gasteiger partial charge in [0.1, 0.15) is 6.10 Å². The molecule has 0 heterocycles. The van der Waals surface area contributed by atoms with E-state index in [0.29, 0.717) is 17.6 Å². The standard InChI is InChI=1S/C13H15ClO4S/c1-8(16)19-6-5-12(17)13(18)9-3-2-4-11(14)10(9)7-15/h2-4,7,12-13,17-18H,5-6H2,1H3. The Labute approximate surface area is 120 Å². The predicted molar refractivity (Wildman–Crippen MR) is 75.6 cm³/mol. The summed E-state index contributed by atoms with van der Waals surface area (Å²) in [5.41, 5.74) is 0.470. The molecule has 1 aromatic carbocycles. The minimum Gasteiger partial charge on any atom is -0.390 e. The van der Waals surface area contributed by atoms with Crippen molar-refractivity contribution in [3.05, 3.63) is 34.3 Å². The van der Waals surface area contributed by atoms with Gasteiger partial charge in [-0.2, -0.15) is 0 Å². The number of aliphatic hydroxyl groups excluding tert-OH is 2. The third kappa shape index (κ3) is 4.62. The molecule has 1 aromatic rings. The maximum Gasteiger partial charge on any atom is 0.185 e. The van der Waals surface area contributed by atoms with Gasteiger partial charge in [0.25, 0.3) is 0 Å². The predicted octanol–water partition coefficient (Wildman–Crippen LogP) is 2.22. The Bertz CT molecular complexity index is 464. The Morgan fingerprint density at radius 1 is 1.47 bits per heavy atom. The normalized spacial score (nSPS) is 13.9. The molecule has 19 heavy (non-hydrogen) atoms. The second-order valence-electron chi connectivity index (χ2n) is 4.00. The van der Waals surface area contributed by atoms with Crippen LogP contribution in [0.15, 0.2) is 18.2 Å². The summed E-state index contributed by atoms with van der Waals surface area (Å²) >= 11 is 6.93. The van der Waals surface area contributed by atoms with E-state index in [0.717, 1.165) is 11.8 Å². The van der Waals surface area contributed by atoms with E-state index in [4.69, 9.17) is 11.6 Å². The van der Waals surface area contributed by atoms with Crippen LogP contribution in [0.2, 0.25) is 5.02 Å². The number of rotatable bonds is 6. The number of carbonyl (C=O) groups excluding carboxylic acids is 2. The Morgan fingerprint density at radius 2 is 2.16 bits per heavy atom. The number of carbonyl (C=O) groups is 2. The molecule has 0 fully saturated rings. The third-order valence-corrected chi connectivity index (χ3v) is 3.78. The summed E-state index contributed by atoms with van der Waals surface area (Å²) in [6, 6.07) is 4.69. The monoisotopic (exact) mass is 302 g/mol. The zero-order chi connectivity index (χ0) is 14.4. The third-order valence-electron chi connectivity index (χ3n) is 2.61. The van der Waals surface area contributed by atoms with E-state index >= 15 is 0 Å². The minimum atomic E-state index is -1.20. The van der Waals surface area contributed by atoms with Gasteiger partial charge in [0.05, 0.1) is 11.1 Å². The first kappa shape index (κ1) is 16.2. The molecule has 2 N–H and O–H groups in total. The molecule has 0 aromatic heterocycles. The molecule has 104 valence electrons. The van der Waals surface area contributed by atoms with Gasteiger partial charge in [-0.05, 0) is 18.1 Å². The minimum absolute atomic E-state index is 0.0435. The molecule has 0 amide bonds. The molecule has 0 bridgehead atoms. The molecular weight excluding hydrogens is 288 g/mol. The molecule has 4 nitrogen and oxygen atoms in total. The molecular formula is C13H15ClO4S. The second-order valence-corrected chi connectivity index (χ2v) is 5.68. The van der Waals surface area contributed by atoms with Crippen LogP contribution in [0.4, 0.5) is 0 Å². The molecule has 0 saturated carbocycles. The molecule has 0 aliphatic carbocycles. The first-order valence-electron chi connectivity index (χ1n) is 5.70. The van der Waals surface area contributed by atoms with Crippen molar-refractivity contribution in [2.75, 3.05) is 5.75 Å². The van der Waals surface area contributed by atoms with Gasteiger partial charge in [-0.25, -0.2) is 0 Å². The van der Waals surface area contributed by atoms with E-state index in [1.165, 1.54) is 6.92 Å². The molecule has 0 saturated heterocycles. The van der Waals surface area contributed by atoms with Crippen LogP contribution in [0.1, 0.15) is 35.4 Å². The quantitative estimate of drug-likeness (QED) is 0.788. The summed E-state index contributed by atoms with van der Waals surface area (Å²) in [5.74, 6) is 0.407. The van der Waals surface area contributed by atoms with Crippen LogP contribution < -0.4 is 0 Å². The molecule has 2 atom stereocenters. The highest BCUT2D eigenvalue weighted by Gasteiger charge is 2.22. The van der Waals surface area contributed by atoms with Crippen LogP contribution in [0.3, 0.4) is 0 Å². The first-order valence-corrected chi connectivity index (χ1v) is 7.06. The molecule has 0 radical (unpaired) electrons. The van der Waals surface area contributed by atoms with Gasteiger partial charge in [-0.1, -0.05) is 35.5 Å². The van der Waals surface area contributed by atoms with Crippen molar-refractivity contribution in [2.45, 2.75) is 25.6 Å². The highest BCUT2D eigenvalue weighted by atomic mass is 35.5. The first-order chi connectivity index (χ1) is 8.97. The van der Waals surface area contributed by atoms with Crippen LogP contribution in [0, 0.1) is 0 Å². The van der Waals surface area contributed by atoms with E-state index in [9.17, 15) is 19.8 Å². The zero-order valence-corrected chi connectivity index (χ0v) is 11.9. The Kier molecular flexibility index (Phi) is 6.51. The number of aliphatic hydroxyl groups is 2. The van der Waals surface area contributed by atoms with Crippen LogP contribution >= 0.6 is 23.4 Å². The van der Waals surface area contributed by atoms with Crippen LogP contribution in [0.5, 0.6) is 0 Å². The summed E-state index contributed by atoms with van der Waals surface area (Å²) in [5, 5.41) is 20.1. The van der Waals surface area contributed by atoms with Crippen LogP contribution in [0.25, 0.3) is 0 Å². The SMILES string of the molecule is CC(=O)SCCC(O)C(O)c1cccc(Cl)c1C=O. The van der Waals surface area contributed by atoms with Crippen molar-refractivity contribution in [1.82, 2.24) is 0 Å². The molecule has 1 rings (SSSR count). The van der Waals surface area contributed by atoms with E-state index in [2.05, 4.69) is 0 Å². The lowest BCUT2D eigenvalue weighted by Crippen LogP contribution is -2.20. The van der Waals surface area contributed by atoms with Gasteiger partial charge in [0.15, 0.2) is 11.4 Å². The maximum absolute atomic E-state index is 11.0. The summed E-state index contributed by atoms with van der Waals surface area (Å²) in [4.78, 5) is 21.7. The molecule has 0 aliphatic heterocycles. The number of benzene rings is 1. The Hall–Kier alpha value is -0.880. The highest BCUT2D eigenvalue weighted by Crippen LogP contribution is 2.27. The van der Waals surface area contributed by atoms with E-state index in [-0.39, 0.29) is 22.1 Å². The van der Waals surface area contributed by atoms with Crippen molar-refractivity contribution < 1.29 is 19.8 Å². The summed E-state index contributed by atoms with van der Waals surface area (Å²) in [6.45, 7) is 1.44. The van der Waals surface area contributed by atoms with Crippen molar-refractivity contribution in [2.24, 2.45) is 0 Å². The number of halogens is 1. The van der Waals surface area contributed by atoms with E-state index in [1.807, 2.05) is 0 Å². The zero-order valence-electron chi connectivity index (χ0n) is 10.4. The number of aldehydes is 1. The second kappa shape index (κ2) is 7.65. The molecule has 0 spiro atoms. The highest BCUT2D eigenvalue weighted by molar-refractivity contribution is 8.13. The van der Waals surface area contributed by atoms with Crippen molar-refractivity contribution in [3.63, 3.8) is 0 Å². The van der Waals surface area contributed by atoms with Crippen molar-refractivity contribution in [3.8, 4) is 0 Å². The molecule has 0 aliphatic rings. The lowest BCUT2D eigenvalue weighted by Gasteiger charge is -2.19. The summed E-state index contributed by atoms with van der Waals surface area (Å²) < 4.78 is 0. The van der Waals surface area contributed by atoms with Gasteiger partial charge < -0.3 is 10.2 Å². The Balaban J connectivity index is 2.76. The average molecular weight is 303 g/mol. The fraction of sp³-hybridized carbons (Fsp3) is 0.385. The lowest BCUT2D eigenvalue weighted by atomic mass is 9.98. The van der Waals surface area contributed by atoms with Gasteiger partial charge in [0, 0.05) is 18.2 Å². The number of hydrogen-bond acceptors (Lipinski definition) is 5. The topological polar surface area (TPSA) is 74.6 Å². The fourth-order valence-electron chi connectivity index (χ4n) is 1.62. The van der Waals surface area contributed by atoms with E-state index < -0.39 is 12.2 Å². The summed E-state index contributed by atoms with van der Waals surface area (Å²) in [7, 11) is 0. The van der Waals surface area contributed by atoms with Crippen molar-refractivity contribution in [1.29, 1.82) is 0 Å². The van der Waals surface area contributed by atoms with Crippen LogP contribution in [-0.2, 0) is 4.79 Å². The molecule has 2 unspecified atom stereocenters. The van der Waals surface area contributed by atoms with E-state index in [1.54, 1.807) is 18.2 Å². The average Bonchev–Trinajstić information content (AvgIpc) is 2.37. The largest absolute Gasteiger partial charge is 0.390 e. The number of hydrogen-bond donors (Lipinski definition) is 2. The summed E-state index contributed by atoms with van der Waals surface area (Å²) in [6.07, 6.45) is -1.45. The van der Waals surface area contributed by atoms with Crippen molar-refractivity contribution >= 4 is 34.8 Å². The van der Waals surface area contributed by atoms with Gasteiger partial charge in [-0.3, -0.25) is 9.59 Å². The van der Waals surface area contributed by atoms with Crippen LogP contribution in [-0.4, -0.2) is 33.5 Å².